The van der Waals surface area contributed by atoms with Crippen LogP contribution in [0, 0.1) is 13.8 Å². The summed E-state index contributed by atoms with van der Waals surface area (Å²) in [6.45, 7) is 4.42. The Balaban J connectivity index is 1.81. The maximum Gasteiger partial charge on any atom is 0.416 e. The van der Waals surface area contributed by atoms with Crippen molar-refractivity contribution in [1.29, 1.82) is 0 Å². The SMILES string of the molecule is Cc1nn(C)c(C)c1C1CCCN1C(=O)Nc1cccc(C(F)(F)F)c1. The molecule has 0 saturated carbocycles. The molecule has 2 aromatic rings. The van der Waals surface area contributed by atoms with Gasteiger partial charge in [0.05, 0.1) is 17.3 Å². The number of hydrogen-bond acceptors (Lipinski definition) is 2. The van der Waals surface area contributed by atoms with E-state index in [4.69, 9.17) is 0 Å². The number of aromatic nitrogens is 2. The smallest absolute Gasteiger partial charge is 0.317 e. The predicted octanol–water partition coefficient (Wildman–Crippen LogP) is 4.42. The second kappa shape index (κ2) is 6.66. The van der Waals surface area contributed by atoms with Gasteiger partial charge in [-0.15, -0.1) is 0 Å². The van der Waals surface area contributed by atoms with Crippen LogP contribution in [0.5, 0.6) is 0 Å². The topological polar surface area (TPSA) is 50.2 Å². The Labute approximate surface area is 149 Å². The van der Waals surface area contributed by atoms with E-state index in [2.05, 4.69) is 10.4 Å². The van der Waals surface area contributed by atoms with Crippen molar-refractivity contribution in [3.05, 3.63) is 46.8 Å². The van der Waals surface area contributed by atoms with E-state index < -0.39 is 17.8 Å². The maximum atomic E-state index is 12.8. The maximum absolute atomic E-state index is 12.8. The first-order chi connectivity index (χ1) is 12.2. The molecule has 5 nitrogen and oxygen atoms in total. The van der Waals surface area contributed by atoms with Crippen LogP contribution < -0.4 is 5.32 Å². The quantitative estimate of drug-likeness (QED) is 0.855. The summed E-state index contributed by atoms with van der Waals surface area (Å²) in [5.41, 5.74) is 2.23. The van der Waals surface area contributed by atoms with E-state index in [9.17, 15) is 18.0 Å². The summed E-state index contributed by atoms with van der Waals surface area (Å²) in [6.07, 6.45) is -2.79. The number of nitrogens with zero attached hydrogens (tertiary/aromatic N) is 3. The average molecular weight is 366 g/mol. The van der Waals surface area contributed by atoms with E-state index in [0.29, 0.717) is 6.54 Å². The van der Waals surface area contributed by atoms with Crippen LogP contribution in [0.3, 0.4) is 0 Å². The van der Waals surface area contributed by atoms with Gasteiger partial charge in [0.2, 0.25) is 0 Å². The van der Waals surface area contributed by atoms with E-state index in [1.54, 1.807) is 9.58 Å². The van der Waals surface area contributed by atoms with Crippen molar-refractivity contribution in [2.24, 2.45) is 7.05 Å². The molecular formula is C18H21F3N4O. The second-order valence-electron chi connectivity index (χ2n) is 6.57. The molecule has 8 heteroatoms. The summed E-state index contributed by atoms with van der Waals surface area (Å²) >= 11 is 0. The van der Waals surface area contributed by atoms with Crippen LogP contribution in [0.25, 0.3) is 0 Å². The van der Waals surface area contributed by atoms with Crippen LogP contribution in [0.15, 0.2) is 24.3 Å². The van der Waals surface area contributed by atoms with Gasteiger partial charge in [-0.1, -0.05) is 6.07 Å². The zero-order valence-corrected chi connectivity index (χ0v) is 14.9. The Morgan fingerprint density at radius 2 is 2.04 bits per heavy atom. The molecule has 0 bridgehead atoms. The van der Waals surface area contributed by atoms with Crippen molar-refractivity contribution >= 4 is 11.7 Å². The third kappa shape index (κ3) is 3.40. The predicted molar refractivity (Wildman–Crippen MR) is 91.8 cm³/mol. The van der Waals surface area contributed by atoms with Gasteiger partial charge < -0.3 is 10.2 Å². The van der Waals surface area contributed by atoms with Gasteiger partial charge >= 0.3 is 12.2 Å². The van der Waals surface area contributed by atoms with Crippen LogP contribution in [0.2, 0.25) is 0 Å². The minimum Gasteiger partial charge on any atom is -0.317 e. The van der Waals surface area contributed by atoms with Gasteiger partial charge in [-0.05, 0) is 44.9 Å². The highest BCUT2D eigenvalue weighted by Crippen LogP contribution is 2.36. The van der Waals surface area contributed by atoms with Gasteiger partial charge in [-0.25, -0.2) is 4.79 Å². The molecule has 3 rings (SSSR count). The standard InChI is InChI=1S/C18H21F3N4O/c1-11-16(12(2)24(3)23-11)15-8-5-9-25(15)17(26)22-14-7-4-6-13(10-14)18(19,20)21/h4,6-7,10,15H,5,8-9H2,1-3H3,(H,22,26). The Hall–Kier alpha value is -2.51. The number of anilines is 1. The first-order valence-electron chi connectivity index (χ1n) is 8.43. The summed E-state index contributed by atoms with van der Waals surface area (Å²) in [5, 5.41) is 7.01. The van der Waals surface area contributed by atoms with Crippen molar-refractivity contribution in [3.8, 4) is 0 Å². The van der Waals surface area contributed by atoms with Gasteiger partial charge in [-0.2, -0.15) is 18.3 Å². The fraction of sp³-hybridized carbons (Fsp3) is 0.444. The van der Waals surface area contributed by atoms with Gasteiger partial charge in [0, 0.05) is 30.5 Å². The van der Waals surface area contributed by atoms with Gasteiger partial charge in [-0.3, -0.25) is 4.68 Å². The number of alkyl halides is 3. The highest BCUT2D eigenvalue weighted by Gasteiger charge is 2.34. The van der Waals surface area contributed by atoms with Crippen molar-refractivity contribution in [3.63, 3.8) is 0 Å². The zero-order chi connectivity index (χ0) is 19.1. The van der Waals surface area contributed by atoms with E-state index in [0.717, 1.165) is 41.9 Å². The Bertz CT molecular complexity index is 828. The van der Waals surface area contributed by atoms with E-state index in [-0.39, 0.29) is 11.7 Å². The number of amides is 2. The largest absolute Gasteiger partial charge is 0.416 e. The lowest BCUT2D eigenvalue weighted by Crippen LogP contribution is -2.34. The number of rotatable bonds is 2. The number of urea groups is 1. The van der Waals surface area contributed by atoms with E-state index in [1.165, 1.54) is 12.1 Å². The molecule has 0 radical (unpaired) electrons. The number of likely N-dealkylation sites (tertiary alicyclic amines) is 1. The number of aryl methyl sites for hydroxylation is 2. The molecule has 1 unspecified atom stereocenters. The molecule has 0 spiro atoms. The minimum atomic E-state index is -4.44. The number of benzene rings is 1. The summed E-state index contributed by atoms with van der Waals surface area (Å²) < 4.78 is 40.3. The molecule has 0 aliphatic carbocycles. The Morgan fingerprint density at radius 3 is 2.65 bits per heavy atom. The molecule has 1 fully saturated rings. The first-order valence-corrected chi connectivity index (χ1v) is 8.43. The normalized spacial score (nSPS) is 17.6. The minimum absolute atomic E-state index is 0.116. The van der Waals surface area contributed by atoms with Crippen LogP contribution in [0.1, 0.15) is 41.4 Å². The summed E-state index contributed by atoms with van der Waals surface area (Å²) in [4.78, 5) is 14.4. The Kier molecular flexibility index (Phi) is 4.68. The van der Waals surface area contributed by atoms with Crippen LogP contribution in [-0.2, 0) is 13.2 Å². The first kappa shape index (κ1) is 18.3. The van der Waals surface area contributed by atoms with Gasteiger partial charge in [0.25, 0.3) is 0 Å². The fourth-order valence-corrected chi connectivity index (χ4v) is 3.55. The highest BCUT2D eigenvalue weighted by molar-refractivity contribution is 5.90. The van der Waals surface area contributed by atoms with E-state index in [1.807, 2.05) is 20.9 Å². The van der Waals surface area contributed by atoms with Crippen molar-refractivity contribution in [2.45, 2.75) is 38.9 Å². The van der Waals surface area contributed by atoms with Gasteiger partial charge in [0.15, 0.2) is 0 Å². The number of carbonyl (C=O) groups is 1. The summed E-state index contributed by atoms with van der Waals surface area (Å²) in [6, 6.07) is 4.16. The number of halogens is 3. The molecule has 1 saturated heterocycles. The van der Waals surface area contributed by atoms with Crippen LogP contribution >= 0.6 is 0 Å². The third-order valence-corrected chi connectivity index (χ3v) is 4.85. The van der Waals surface area contributed by atoms with E-state index >= 15 is 0 Å². The van der Waals surface area contributed by atoms with Gasteiger partial charge in [0.1, 0.15) is 0 Å². The van der Waals surface area contributed by atoms with Crippen molar-refractivity contribution in [1.82, 2.24) is 14.7 Å². The lowest BCUT2D eigenvalue weighted by Gasteiger charge is -2.25. The zero-order valence-electron chi connectivity index (χ0n) is 14.9. The van der Waals surface area contributed by atoms with Crippen molar-refractivity contribution in [2.75, 3.05) is 11.9 Å². The third-order valence-electron chi connectivity index (χ3n) is 4.85. The summed E-state index contributed by atoms with van der Waals surface area (Å²) in [5.74, 6) is 0. The highest BCUT2D eigenvalue weighted by atomic mass is 19.4. The molecule has 1 aromatic carbocycles. The summed E-state index contributed by atoms with van der Waals surface area (Å²) in [7, 11) is 1.85. The van der Waals surface area contributed by atoms with Crippen LogP contribution in [0.4, 0.5) is 23.7 Å². The fourth-order valence-electron chi connectivity index (χ4n) is 3.55. The molecule has 1 N–H and O–H groups in total. The second-order valence-corrected chi connectivity index (χ2v) is 6.57. The molecular weight excluding hydrogens is 345 g/mol. The average Bonchev–Trinajstić information content (AvgIpc) is 3.12. The molecule has 140 valence electrons. The molecule has 1 aromatic heterocycles. The lowest BCUT2D eigenvalue weighted by atomic mass is 10.0. The van der Waals surface area contributed by atoms with Crippen LogP contribution in [-0.4, -0.2) is 27.3 Å². The molecule has 26 heavy (non-hydrogen) atoms. The number of hydrogen-bond donors (Lipinski definition) is 1. The number of carbonyl (C=O) groups excluding carboxylic acids is 1. The lowest BCUT2D eigenvalue weighted by molar-refractivity contribution is -0.137. The molecule has 2 heterocycles. The van der Waals surface area contributed by atoms with Crippen molar-refractivity contribution < 1.29 is 18.0 Å². The number of nitrogens with one attached hydrogen (secondary N) is 1. The molecule has 1 aliphatic heterocycles. The molecule has 2 amide bonds. The molecule has 1 aliphatic rings. The molecule has 1 atom stereocenters. The monoisotopic (exact) mass is 366 g/mol. The Morgan fingerprint density at radius 1 is 1.31 bits per heavy atom.